The molecule has 0 heterocycles. The average molecular weight is 241 g/mol. The second-order valence-electron chi connectivity index (χ2n) is 3.66. The summed E-state index contributed by atoms with van der Waals surface area (Å²) in [7, 11) is 4.60. The van der Waals surface area contributed by atoms with Gasteiger partial charge in [0.1, 0.15) is 11.6 Å². The predicted octanol–water partition coefficient (Wildman–Crippen LogP) is 2.04. The van der Waals surface area contributed by atoms with Crippen molar-refractivity contribution in [2.24, 2.45) is 0 Å². The summed E-state index contributed by atoms with van der Waals surface area (Å²) in [5.74, 6) is -2.13. The number of ether oxygens (including phenoxy) is 1. The van der Waals surface area contributed by atoms with Crippen LogP contribution in [0.3, 0.4) is 0 Å². The van der Waals surface area contributed by atoms with E-state index in [0.717, 1.165) is 18.2 Å². The van der Waals surface area contributed by atoms with Gasteiger partial charge in [-0.15, -0.1) is 0 Å². The zero-order valence-corrected chi connectivity index (χ0v) is 9.83. The summed E-state index contributed by atoms with van der Waals surface area (Å²) in [5, 5.41) is 0. The Balaban J connectivity index is 3.27. The van der Waals surface area contributed by atoms with Crippen LogP contribution in [-0.2, 0) is 9.53 Å². The Morgan fingerprint density at radius 3 is 2.18 bits per heavy atom. The third kappa shape index (κ3) is 3.55. The third-order valence-corrected chi connectivity index (χ3v) is 1.97. The number of hydrogen-bond donors (Lipinski definition) is 0. The third-order valence-electron chi connectivity index (χ3n) is 1.97. The van der Waals surface area contributed by atoms with Gasteiger partial charge in [-0.3, -0.25) is 0 Å². The zero-order chi connectivity index (χ0) is 13.0. The molecule has 0 aliphatic heterocycles. The molecule has 0 radical (unpaired) electrons. The zero-order valence-electron chi connectivity index (χ0n) is 9.83. The van der Waals surface area contributed by atoms with Crippen LogP contribution in [0.2, 0.25) is 0 Å². The molecule has 0 saturated carbocycles. The maximum atomic E-state index is 13.1. The first-order valence-corrected chi connectivity index (χ1v) is 4.87. The summed E-state index contributed by atoms with van der Waals surface area (Å²) in [5.41, 5.74) is 0.235. The van der Waals surface area contributed by atoms with Gasteiger partial charge >= 0.3 is 5.97 Å². The molecule has 1 rings (SSSR count). The van der Waals surface area contributed by atoms with E-state index in [0.29, 0.717) is 0 Å². The number of esters is 1. The monoisotopic (exact) mass is 241 g/mol. The molecule has 0 atom stereocenters. The lowest BCUT2D eigenvalue weighted by molar-refractivity contribution is -0.133. The van der Waals surface area contributed by atoms with Crippen molar-refractivity contribution in [2.75, 3.05) is 21.2 Å². The van der Waals surface area contributed by atoms with Gasteiger partial charge in [-0.05, 0) is 17.7 Å². The second-order valence-corrected chi connectivity index (χ2v) is 3.66. The van der Waals surface area contributed by atoms with Crippen molar-refractivity contribution < 1.29 is 18.3 Å². The number of rotatable bonds is 3. The predicted molar refractivity (Wildman–Crippen MR) is 60.0 cm³/mol. The number of halogens is 2. The standard InChI is InChI=1S/C12H13F2NO2/c1-15(2)7-11(12(16)17-3)8-4-9(13)6-10(14)5-8/h4-7H,1-3H3/b11-7-. The van der Waals surface area contributed by atoms with Crippen molar-refractivity contribution in [1.82, 2.24) is 4.90 Å². The molecular formula is C12H13F2NO2. The molecule has 0 bridgehead atoms. The fourth-order valence-corrected chi connectivity index (χ4v) is 1.32. The van der Waals surface area contributed by atoms with Gasteiger partial charge in [0.2, 0.25) is 0 Å². The maximum absolute atomic E-state index is 13.1. The van der Waals surface area contributed by atoms with Crippen molar-refractivity contribution in [2.45, 2.75) is 0 Å². The quantitative estimate of drug-likeness (QED) is 0.599. The van der Waals surface area contributed by atoms with Gasteiger partial charge < -0.3 is 9.64 Å². The number of nitrogens with zero attached hydrogens (tertiary/aromatic N) is 1. The molecule has 0 N–H and O–H groups in total. The Morgan fingerprint density at radius 1 is 1.24 bits per heavy atom. The van der Waals surface area contributed by atoms with Crippen LogP contribution in [0.5, 0.6) is 0 Å². The minimum atomic E-state index is -0.742. The van der Waals surface area contributed by atoms with Gasteiger partial charge in [0, 0.05) is 26.4 Å². The van der Waals surface area contributed by atoms with E-state index in [2.05, 4.69) is 4.74 Å². The Kier molecular flexibility index (Phi) is 4.20. The molecule has 0 fully saturated rings. The number of methoxy groups -OCH3 is 1. The van der Waals surface area contributed by atoms with Crippen molar-refractivity contribution in [3.8, 4) is 0 Å². The highest BCUT2D eigenvalue weighted by Gasteiger charge is 2.14. The lowest BCUT2D eigenvalue weighted by Crippen LogP contribution is -2.10. The summed E-state index contributed by atoms with van der Waals surface area (Å²) in [6.45, 7) is 0. The molecule has 5 heteroatoms. The van der Waals surface area contributed by atoms with E-state index in [1.54, 1.807) is 19.0 Å². The molecule has 0 aromatic heterocycles. The average Bonchev–Trinajstić information content (AvgIpc) is 2.23. The Bertz CT molecular complexity index is 436. The lowest BCUT2D eigenvalue weighted by Gasteiger charge is -2.10. The number of benzene rings is 1. The fraction of sp³-hybridized carbons (Fsp3) is 0.250. The molecule has 3 nitrogen and oxygen atoms in total. The highest BCUT2D eigenvalue weighted by molar-refractivity contribution is 6.16. The van der Waals surface area contributed by atoms with E-state index in [4.69, 9.17) is 0 Å². The minimum absolute atomic E-state index is 0.0934. The van der Waals surface area contributed by atoms with E-state index in [9.17, 15) is 13.6 Å². The van der Waals surface area contributed by atoms with E-state index in [1.165, 1.54) is 13.3 Å². The fourth-order valence-electron chi connectivity index (χ4n) is 1.32. The van der Waals surface area contributed by atoms with Crippen LogP contribution in [0.1, 0.15) is 5.56 Å². The highest BCUT2D eigenvalue weighted by atomic mass is 19.1. The number of carbonyl (C=O) groups excluding carboxylic acids is 1. The van der Waals surface area contributed by atoms with Gasteiger partial charge in [-0.25, -0.2) is 13.6 Å². The maximum Gasteiger partial charge on any atom is 0.339 e. The van der Waals surface area contributed by atoms with Crippen molar-refractivity contribution in [1.29, 1.82) is 0 Å². The Hall–Kier alpha value is -1.91. The molecule has 0 saturated heterocycles. The van der Waals surface area contributed by atoms with E-state index in [1.807, 2.05) is 0 Å². The first-order valence-electron chi connectivity index (χ1n) is 4.87. The Labute approximate surface area is 98.3 Å². The summed E-state index contributed by atoms with van der Waals surface area (Å²) < 4.78 is 30.7. The van der Waals surface area contributed by atoms with Gasteiger partial charge in [-0.1, -0.05) is 0 Å². The molecular weight excluding hydrogens is 228 g/mol. The molecule has 0 aliphatic rings. The first kappa shape index (κ1) is 13.2. The normalized spacial score (nSPS) is 11.2. The van der Waals surface area contributed by atoms with Gasteiger partial charge in [0.15, 0.2) is 0 Å². The minimum Gasteiger partial charge on any atom is -0.465 e. The number of carbonyl (C=O) groups is 1. The first-order chi connectivity index (χ1) is 7.93. The highest BCUT2D eigenvalue weighted by Crippen LogP contribution is 2.19. The van der Waals surface area contributed by atoms with Crippen LogP contribution in [0.15, 0.2) is 24.4 Å². The topological polar surface area (TPSA) is 29.5 Å². The molecule has 1 aromatic carbocycles. The van der Waals surface area contributed by atoms with Gasteiger partial charge in [0.25, 0.3) is 0 Å². The molecule has 1 aromatic rings. The van der Waals surface area contributed by atoms with Crippen LogP contribution >= 0.6 is 0 Å². The summed E-state index contributed by atoms with van der Waals surface area (Å²) in [4.78, 5) is 13.1. The molecule has 0 aliphatic carbocycles. The molecule has 92 valence electrons. The van der Waals surface area contributed by atoms with Crippen molar-refractivity contribution in [3.05, 3.63) is 41.6 Å². The molecule has 17 heavy (non-hydrogen) atoms. The SMILES string of the molecule is COC(=O)/C(=C\N(C)C)c1cc(F)cc(F)c1. The number of hydrogen-bond acceptors (Lipinski definition) is 3. The lowest BCUT2D eigenvalue weighted by atomic mass is 10.1. The summed E-state index contributed by atoms with van der Waals surface area (Å²) in [6.07, 6.45) is 1.44. The largest absolute Gasteiger partial charge is 0.465 e. The molecule has 0 unspecified atom stereocenters. The van der Waals surface area contributed by atoms with Crippen LogP contribution in [0.4, 0.5) is 8.78 Å². The second kappa shape index (κ2) is 5.43. The van der Waals surface area contributed by atoms with Crippen molar-refractivity contribution >= 4 is 11.5 Å². The van der Waals surface area contributed by atoms with E-state index in [-0.39, 0.29) is 11.1 Å². The smallest absolute Gasteiger partial charge is 0.339 e. The molecule has 0 amide bonds. The van der Waals surface area contributed by atoms with Crippen molar-refractivity contribution in [3.63, 3.8) is 0 Å². The summed E-state index contributed by atoms with van der Waals surface area (Å²) >= 11 is 0. The van der Waals surface area contributed by atoms with E-state index >= 15 is 0 Å². The Morgan fingerprint density at radius 2 is 1.76 bits per heavy atom. The summed E-state index contributed by atoms with van der Waals surface area (Å²) in [6, 6.07) is 2.90. The van der Waals surface area contributed by atoms with Gasteiger partial charge in [-0.2, -0.15) is 0 Å². The van der Waals surface area contributed by atoms with Crippen LogP contribution in [0.25, 0.3) is 5.57 Å². The van der Waals surface area contributed by atoms with Crippen LogP contribution < -0.4 is 0 Å². The van der Waals surface area contributed by atoms with E-state index < -0.39 is 17.6 Å². The van der Waals surface area contributed by atoms with Crippen LogP contribution in [0, 0.1) is 11.6 Å². The van der Waals surface area contributed by atoms with Crippen LogP contribution in [-0.4, -0.2) is 32.1 Å². The molecule has 0 spiro atoms. The van der Waals surface area contributed by atoms with Gasteiger partial charge in [0.05, 0.1) is 12.7 Å².